The van der Waals surface area contributed by atoms with Crippen molar-refractivity contribution in [2.24, 2.45) is 0 Å². The summed E-state index contributed by atoms with van der Waals surface area (Å²) in [4.78, 5) is 1.86. The van der Waals surface area contributed by atoms with Crippen LogP contribution in [0.4, 0.5) is 15.8 Å². The van der Waals surface area contributed by atoms with Gasteiger partial charge in [0.2, 0.25) is 0 Å². The third-order valence-corrected chi connectivity index (χ3v) is 2.64. The molecule has 0 fully saturated rings. The average Bonchev–Trinajstić information content (AvgIpc) is 2.26. The summed E-state index contributed by atoms with van der Waals surface area (Å²) in [5, 5.41) is 13.0. The first kappa shape index (κ1) is 15.5. The predicted octanol–water partition coefficient (Wildman–Crippen LogP) is 1.14. The standard InChI is InChI=1S/C13H22FN3O2/c1-13(18,8-17(2)3)7-16-11-6-12(19-4)10(15)5-9(11)14/h5-6,16,18H,7-8,15H2,1-4H3. The maximum absolute atomic E-state index is 13.7. The molecule has 1 aromatic carbocycles. The van der Waals surface area contributed by atoms with Crippen LogP contribution < -0.4 is 15.8 Å². The molecule has 1 unspecified atom stereocenters. The van der Waals surface area contributed by atoms with Crippen molar-refractivity contribution >= 4 is 11.4 Å². The molecule has 1 atom stereocenters. The summed E-state index contributed by atoms with van der Waals surface area (Å²) in [5.74, 6) is -0.0740. The number of halogens is 1. The van der Waals surface area contributed by atoms with Gasteiger partial charge < -0.3 is 25.8 Å². The molecule has 0 aliphatic carbocycles. The Bertz CT molecular complexity index is 436. The van der Waals surface area contributed by atoms with Gasteiger partial charge in [0.05, 0.1) is 24.1 Å². The van der Waals surface area contributed by atoms with E-state index in [1.165, 1.54) is 19.2 Å². The fraction of sp³-hybridized carbons (Fsp3) is 0.538. The van der Waals surface area contributed by atoms with E-state index >= 15 is 0 Å². The minimum Gasteiger partial charge on any atom is -0.495 e. The van der Waals surface area contributed by atoms with Gasteiger partial charge in [-0.3, -0.25) is 0 Å². The van der Waals surface area contributed by atoms with E-state index in [-0.39, 0.29) is 17.9 Å². The molecule has 108 valence electrons. The van der Waals surface area contributed by atoms with Crippen LogP contribution in [0.15, 0.2) is 12.1 Å². The van der Waals surface area contributed by atoms with E-state index in [4.69, 9.17) is 10.5 Å². The molecule has 0 aliphatic heterocycles. The number of ether oxygens (including phenoxy) is 1. The monoisotopic (exact) mass is 271 g/mol. The van der Waals surface area contributed by atoms with Gasteiger partial charge in [-0.15, -0.1) is 0 Å². The zero-order chi connectivity index (χ0) is 14.6. The molecule has 1 aromatic rings. The highest BCUT2D eigenvalue weighted by molar-refractivity contribution is 5.62. The third kappa shape index (κ3) is 4.57. The molecule has 0 spiro atoms. The Morgan fingerprint density at radius 1 is 1.47 bits per heavy atom. The van der Waals surface area contributed by atoms with Gasteiger partial charge in [-0.2, -0.15) is 0 Å². The van der Waals surface area contributed by atoms with E-state index in [2.05, 4.69) is 5.32 Å². The summed E-state index contributed by atoms with van der Waals surface area (Å²) < 4.78 is 18.7. The zero-order valence-corrected chi connectivity index (χ0v) is 11.8. The number of methoxy groups -OCH3 is 1. The predicted molar refractivity (Wildman–Crippen MR) is 75.0 cm³/mol. The number of aliphatic hydroxyl groups is 1. The highest BCUT2D eigenvalue weighted by Crippen LogP contribution is 2.28. The third-order valence-electron chi connectivity index (χ3n) is 2.64. The Morgan fingerprint density at radius 2 is 2.11 bits per heavy atom. The molecule has 0 aromatic heterocycles. The summed E-state index contributed by atoms with van der Waals surface area (Å²) in [6, 6.07) is 2.68. The maximum atomic E-state index is 13.7. The van der Waals surface area contributed by atoms with Gasteiger partial charge in [0, 0.05) is 25.2 Å². The van der Waals surface area contributed by atoms with Crippen molar-refractivity contribution in [2.45, 2.75) is 12.5 Å². The Balaban J connectivity index is 2.77. The van der Waals surface area contributed by atoms with E-state index in [1.54, 1.807) is 6.92 Å². The number of hydrogen-bond acceptors (Lipinski definition) is 5. The molecule has 5 nitrogen and oxygen atoms in total. The first-order chi connectivity index (χ1) is 8.75. The van der Waals surface area contributed by atoms with E-state index in [0.29, 0.717) is 12.3 Å². The number of hydrogen-bond donors (Lipinski definition) is 3. The van der Waals surface area contributed by atoms with Crippen molar-refractivity contribution in [3.05, 3.63) is 17.9 Å². The summed E-state index contributed by atoms with van der Waals surface area (Å²) in [5.41, 5.74) is 5.13. The minimum absolute atomic E-state index is 0.217. The molecular formula is C13H22FN3O2. The second kappa shape index (κ2) is 6.08. The first-order valence-corrected chi connectivity index (χ1v) is 5.99. The van der Waals surface area contributed by atoms with Gasteiger partial charge in [0.1, 0.15) is 11.6 Å². The second-order valence-electron chi connectivity index (χ2n) is 5.16. The number of rotatable bonds is 6. The molecule has 19 heavy (non-hydrogen) atoms. The Hall–Kier alpha value is -1.53. The van der Waals surface area contributed by atoms with Crippen molar-refractivity contribution in [3.63, 3.8) is 0 Å². The lowest BCUT2D eigenvalue weighted by atomic mass is 10.1. The van der Waals surface area contributed by atoms with Crippen LogP contribution in [0, 0.1) is 5.82 Å². The summed E-state index contributed by atoms with van der Waals surface area (Å²) in [6.45, 7) is 2.37. The van der Waals surface area contributed by atoms with Crippen molar-refractivity contribution in [3.8, 4) is 5.75 Å². The average molecular weight is 271 g/mol. The molecule has 1 rings (SSSR count). The van der Waals surface area contributed by atoms with Crippen LogP contribution in [0.25, 0.3) is 0 Å². The van der Waals surface area contributed by atoms with Crippen LogP contribution in [0.1, 0.15) is 6.92 Å². The van der Waals surface area contributed by atoms with E-state index < -0.39 is 11.4 Å². The fourth-order valence-electron chi connectivity index (χ4n) is 1.90. The maximum Gasteiger partial charge on any atom is 0.148 e. The summed E-state index contributed by atoms with van der Waals surface area (Å²) in [6.07, 6.45) is 0. The van der Waals surface area contributed by atoms with Crippen LogP contribution in [0.3, 0.4) is 0 Å². The van der Waals surface area contributed by atoms with E-state index in [0.717, 1.165) is 0 Å². The van der Waals surface area contributed by atoms with Gasteiger partial charge >= 0.3 is 0 Å². The minimum atomic E-state index is -0.968. The normalized spacial score (nSPS) is 14.3. The fourth-order valence-corrected chi connectivity index (χ4v) is 1.90. The van der Waals surface area contributed by atoms with Gasteiger partial charge in [0.25, 0.3) is 0 Å². The summed E-state index contributed by atoms with van der Waals surface area (Å²) >= 11 is 0. The smallest absolute Gasteiger partial charge is 0.148 e. The lowest BCUT2D eigenvalue weighted by molar-refractivity contribution is 0.0459. The highest BCUT2D eigenvalue weighted by atomic mass is 19.1. The van der Waals surface area contributed by atoms with Crippen LogP contribution >= 0.6 is 0 Å². The lowest BCUT2D eigenvalue weighted by Gasteiger charge is -2.27. The highest BCUT2D eigenvalue weighted by Gasteiger charge is 2.21. The number of anilines is 2. The molecule has 0 amide bonds. The van der Waals surface area contributed by atoms with Crippen molar-refractivity contribution in [1.29, 1.82) is 0 Å². The van der Waals surface area contributed by atoms with E-state index in [9.17, 15) is 9.50 Å². The Kier molecular flexibility index (Phi) is 4.97. The van der Waals surface area contributed by atoms with E-state index in [1.807, 2.05) is 19.0 Å². The van der Waals surface area contributed by atoms with Gasteiger partial charge in [0.15, 0.2) is 0 Å². The van der Waals surface area contributed by atoms with Crippen molar-refractivity contribution < 1.29 is 14.2 Å². The number of nitrogen functional groups attached to an aromatic ring is 1. The van der Waals surface area contributed by atoms with Gasteiger partial charge in [-0.1, -0.05) is 0 Å². The Labute approximate surface area is 113 Å². The van der Waals surface area contributed by atoms with Crippen molar-refractivity contribution in [1.82, 2.24) is 4.90 Å². The number of nitrogens with two attached hydrogens (primary N) is 1. The molecule has 0 radical (unpaired) electrons. The van der Waals surface area contributed by atoms with Crippen LogP contribution in [0.2, 0.25) is 0 Å². The van der Waals surface area contributed by atoms with Crippen LogP contribution in [0.5, 0.6) is 5.75 Å². The topological polar surface area (TPSA) is 70.8 Å². The van der Waals surface area contributed by atoms with Crippen molar-refractivity contribution in [2.75, 3.05) is 45.3 Å². The number of benzene rings is 1. The molecular weight excluding hydrogens is 249 g/mol. The molecule has 0 aliphatic rings. The van der Waals surface area contributed by atoms with Gasteiger partial charge in [-0.05, 0) is 21.0 Å². The molecule has 0 saturated heterocycles. The zero-order valence-electron chi connectivity index (χ0n) is 11.8. The molecule has 0 bridgehead atoms. The second-order valence-corrected chi connectivity index (χ2v) is 5.16. The lowest BCUT2D eigenvalue weighted by Crippen LogP contribution is -2.43. The van der Waals surface area contributed by atoms with Crippen LogP contribution in [-0.2, 0) is 0 Å². The number of nitrogens with zero attached hydrogens (tertiary/aromatic N) is 1. The largest absolute Gasteiger partial charge is 0.495 e. The van der Waals surface area contributed by atoms with Gasteiger partial charge in [-0.25, -0.2) is 4.39 Å². The number of nitrogens with one attached hydrogen (secondary N) is 1. The molecule has 6 heteroatoms. The van der Waals surface area contributed by atoms with Crippen LogP contribution in [-0.4, -0.2) is 49.9 Å². The Morgan fingerprint density at radius 3 is 2.63 bits per heavy atom. The quantitative estimate of drug-likeness (QED) is 0.677. The first-order valence-electron chi connectivity index (χ1n) is 5.99. The number of likely N-dealkylation sites (N-methyl/N-ethyl adjacent to an activating group) is 1. The SMILES string of the molecule is COc1cc(NCC(C)(O)CN(C)C)c(F)cc1N. The molecule has 0 heterocycles. The molecule has 4 N–H and O–H groups in total. The summed E-state index contributed by atoms with van der Waals surface area (Å²) in [7, 11) is 5.19. The molecule has 0 saturated carbocycles.